The van der Waals surface area contributed by atoms with Crippen LogP contribution in [0.15, 0.2) is 78.9 Å². The molecule has 26 heavy (non-hydrogen) atoms. The first-order valence-corrected chi connectivity index (χ1v) is 9.36. The van der Waals surface area contributed by atoms with E-state index in [1.165, 1.54) is 0 Å². The van der Waals surface area contributed by atoms with Crippen LogP contribution >= 0.6 is 0 Å². The SMILES string of the molecule is C=C1C=c2ccccc2=C(c2cccc3ccccc23)C1S(=O)(=O)[O-].[Na+]. The third kappa shape index (κ3) is 3.20. The fourth-order valence-electron chi connectivity index (χ4n) is 3.55. The monoisotopic (exact) mass is 370 g/mol. The third-order valence-electron chi connectivity index (χ3n) is 4.56. The zero-order valence-electron chi connectivity index (χ0n) is 14.3. The van der Waals surface area contributed by atoms with Crippen LogP contribution in [0.2, 0.25) is 0 Å². The maximum Gasteiger partial charge on any atom is 1.00 e. The second kappa shape index (κ2) is 7.14. The van der Waals surface area contributed by atoms with Gasteiger partial charge in [0.25, 0.3) is 0 Å². The Morgan fingerprint density at radius 1 is 0.885 bits per heavy atom. The summed E-state index contributed by atoms with van der Waals surface area (Å²) in [6, 6.07) is 20.9. The summed E-state index contributed by atoms with van der Waals surface area (Å²) in [7, 11) is -4.60. The van der Waals surface area contributed by atoms with Gasteiger partial charge in [-0.1, -0.05) is 79.4 Å². The van der Waals surface area contributed by atoms with Gasteiger partial charge in [-0.2, -0.15) is 0 Å². The Morgan fingerprint density at radius 2 is 1.54 bits per heavy atom. The first-order valence-electron chi connectivity index (χ1n) is 7.89. The summed E-state index contributed by atoms with van der Waals surface area (Å²) in [6.45, 7) is 3.86. The van der Waals surface area contributed by atoms with E-state index < -0.39 is 15.4 Å². The van der Waals surface area contributed by atoms with Crippen LogP contribution in [0, 0.1) is 0 Å². The number of rotatable bonds is 2. The van der Waals surface area contributed by atoms with Crippen LogP contribution in [0.1, 0.15) is 5.56 Å². The minimum absolute atomic E-state index is 0. The molecule has 1 aliphatic carbocycles. The Morgan fingerprint density at radius 3 is 2.31 bits per heavy atom. The molecule has 5 heteroatoms. The van der Waals surface area contributed by atoms with Crippen LogP contribution in [-0.4, -0.2) is 18.2 Å². The summed E-state index contributed by atoms with van der Waals surface area (Å²) in [5, 5.41) is 2.25. The second-order valence-electron chi connectivity index (χ2n) is 6.12. The van der Waals surface area contributed by atoms with Crippen molar-refractivity contribution >= 4 is 32.5 Å². The molecule has 3 nitrogen and oxygen atoms in total. The average Bonchev–Trinajstić information content (AvgIpc) is 2.59. The van der Waals surface area contributed by atoms with Crippen molar-refractivity contribution < 1.29 is 42.5 Å². The van der Waals surface area contributed by atoms with E-state index in [2.05, 4.69) is 6.58 Å². The maximum absolute atomic E-state index is 12.1. The summed E-state index contributed by atoms with van der Waals surface area (Å²) in [4.78, 5) is 0. The van der Waals surface area contributed by atoms with Crippen LogP contribution in [0.25, 0.3) is 22.4 Å². The molecule has 3 aromatic carbocycles. The van der Waals surface area contributed by atoms with Crippen LogP contribution in [0.5, 0.6) is 0 Å². The Balaban J connectivity index is 0.00000196. The van der Waals surface area contributed by atoms with Gasteiger partial charge in [0.1, 0.15) is 15.4 Å². The van der Waals surface area contributed by atoms with Crippen molar-refractivity contribution in [2.75, 3.05) is 0 Å². The van der Waals surface area contributed by atoms with Crippen LogP contribution in [-0.2, 0) is 10.1 Å². The van der Waals surface area contributed by atoms with Gasteiger partial charge < -0.3 is 4.55 Å². The molecule has 0 aliphatic heterocycles. The molecular weight excluding hydrogens is 355 g/mol. The molecule has 0 fully saturated rings. The molecule has 1 atom stereocenters. The van der Waals surface area contributed by atoms with Crippen molar-refractivity contribution in [3.05, 3.63) is 94.9 Å². The molecule has 0 aromatic heterocycles. The summed E-state index contributed by atoms with van der Waals surface area (Å²) >= 11 is 0. The Kier molecular flexibility index (Phi) is 5.24. The first kappa shape index (κ1) is 19.1. The van der Waals surface area contributed by atoms with Crippen molar-refractivity contribution in [3.63, 3.8) is 0 Å². The molecule has 0 saturated carbocycles. The topological polar surface area (TPSA) is 57.2 Å². The predicted octanol–water partition coefficient (Wildman–Crippen LogP) is -0.693. The van der Waals surface area contributed by atoms with E-state index in [9.17, 15) is 13.0 Å². The molecule has 124 valence electrons. The van der Waals surface area contributed by atoms with E-state index in [0.717, 1.165) is 26.8 Å². The standard InChI is InChI=1S/C21H16O3S.Na/c1-14-13-16-8-3-5-11-18(16)20(21(14)25(22,23)24)19-12-6-9-15-7-2-4-10-17(15)19;/h2-13,21H,1H2,(H,22,23,24);/q;+1/p-1. The van der Waals surface area contributed by atoms with Crippen molar-refractivity contribution in [1.82, 2.24) is 0 Å². The van der Waals surface area contributed by atoms with E-state index in [-0.39, 0.29) is 29.6 Å². The summed E-state index contributed by atoms with van der Waals surface area (Å²) in [5.74, 6) is 0. The first-order chi connectivity index (χ1) is 12.0. The fourth-order valence-corrected chi connectivity index (χ4v) is 4.53. The van der Waals surface area contributed by atoms with E-state index in [1.54, 1.807) is 6.08 Å². The number of hydrogen-bond acceptors (Lipinski definition) is 3. The Labute approximate surface area is 174 Å². The molecule has 0 radical (unpaired) electrons. The van der Waals surface area contributed by atoms with Crippen LogP contribution in [0.3, 0.4) is 0 Å². The molecule has 1 unspecified atom stereocenters. The average molecular weight is 370 g/mol. The minimum atomic E-state index is -4.60. The molecule has 1 aliphatic rings. The number of fused-ring (bicyclic) bond motifs is 2. The molecule has 4 rings (SSSR count). The van der Waals surface area contributed by atoms with Gasteiger partial charge >= 0.3 is 29.6 Å². The fraction of sp³-hybridized carbons (Fsp3) is 0.0476. The Bertz CT molecular complexity index is 1240. The minimum Gasteiger partial charge on any atom is -0.747 e. The van der Waals surface area contributed by atoms with Crippen LogP contribution < -0.4 is 40.0 Å². The third-order valence-corrected chi connectivity index (χ3v) is 5.68. The van der Waals surface area contributed by atoms with Gasteiger partial charge in [-0.05, 0) is 37.9 Å². The normalized spacial score (nSPS) is 16.6. The van der Waals surface area contributed by atoms with Gasteiger partial charge in [0.05, 0.1) is 0 Å². The molecule has 0 saturated heterocycles. The van der Waals surface area contributed by atoms with E-state index in [4.69, 9.17) is 0 Å². The van der Waals surface area contributed by atoms with Crippen molar-refractivity contribution in [2.24, 2.45) is 0 Å². The zero-order chi connectivity index (χ0) is 17.6. The molecule has 0 heterocycles. The van der Waals surface area contributed by atoms with Crippen LogP contribution in [0.4, 0.5) is 0 Å². The van der Waals surface area contributed by atoms with E-state index in [1.807, 2.05) is 66.7 Å². The number of hydrogen-bond donors (Lipinski definition) is 0. The Hall–Kier alpha value is -1.69. The predicted molar refractivity (Wildman–Crippen MR) is 99.2 cm³/mol. The zero-order valence-corrected chi connectivity index (χ0v) is 17.2. The van der Waals surface area contributed by atoms with Gasteiger partial charge in [-0.15, -0.1) is 0 Å². The summed E-state index contributed by atoms with van der Waals surface area (Å²) in [5.41, 5.74) is 1.57. The van der Waals surface area contributed by atoms with E-state index >= 15 is 0 Å². The van der Waals surface area contributed by atoms with Gasteiger partial charge in [-0.25, -0.2) is 8.42 Å². The largest absolute Gasteiger partial charge is 1.00 e. The van der Waals surface area contributed by atoms with E-state index in [0.29, 0.717) is 11.1 Å². The second-order valence-corrected chi connectivity index (χ2v) is 7.58. The number of benzene rings is 3. The summed E-state index contributed by atoms with van der Waals surface area (Å²) in [6.07, 6.45) is 1.68. The van der Waals surface area contributed by atoms with Gasteiger partial charge in [-0.3, -0.25) is 0 Å². The smallest absolute Gasteiger partial charge is 0.747 e. The van der Waals surface area contributed by atoms with Gasteiger partial charge in [0.15, 0.2) is 0 Å². The quantitative estimate of drug-likeness (QED) is 0.443. The van der Waals surface area contributed by atoms with Crippen molar-refractivity contribution in [3.8, 4) is 0 Å². The van der Waals surface area contributed by atoms with Crippen molar-refractivity contribution in [2.45, 2.75) is 5.25 Å². The molecule has 0 bridgehead atoms. The maximum atomic E-state index is 12.1. The van der Waals surface area contributed by atoms with Gasteiger partial charge in [0.2, 0.25) is 0 Å². The molecular formula is C21H15NaO3S. The molecule has 0 N–H and O–H groups in total. The molecule has 3 aromatic rings. The van der Waals surface area contributed by atoms with Crippen molar-refractivity contribution in [1.29, 1.82) is 0 Å². The summed E-state index contributed by atoms with van der Waals surface area (Å²) < 4.78 is 36.2. The molecule has 0 spiro atoms. The molecule has 0 amide bonds. The van der Waals surface area contributed by atoms with Gasteiger partial charge in [0, 0.05) is 0 Å².